The molecule has 2 amide bonds. The third-order valence-electron chi connectivity index (χ3n) is 6.76. The molecule has 3 atom stereocenters. The van der Waals surface area contributed by atoms with Gasteiger partial charge in [-0.1, -0.05) is 19.1 Å². The Morgan fingerprint density at radius 2 is 2.16 bits per heavy atom. The van der Waals surface area contributed by atoms with Crippen molar-refractivity contribution < 1.29 is 14.3 Å². The van der Waals surface area contributed by atoms with Crippen molar-refractivity contribution >= 4 is 22.9 Å². The van der Waals surface area contributed by atoms with E-state index in [-0.39, 0.29) is 18.5 Å². The number of ether oxygens (including phenoxy) is 1. The van der Waals surface area contributed by atoms with Gasteiger partial charge >= 0.3 is 12.0 Å². The largest absolute Gasteiger partial charge is 0.465 e. The molecule has 1 saturated heterocycles. The van der Waals surface area contributed by atoms with Gasteiger partial charge in [-0.25, -0.2) is 4.79 Å². The average molecular weight is 427 g/mol. The van der Waals surface area contributed by atoms with E-state index in [1.807, 2.05) is 6.92 Å². The zero-order valence-electron chi connectivity index (χ0n) is 18.8. The zero-order valence-corrected chi connectivity index (χ0v) is 18.8. The van der Waals surface area contributed by atoms with Gasteiger partial charge < -0.3 is 24.8 Å². The minimum atomic E-state index is -0.357. The number of fused-ring (bicyclic) bond motifs is 2. The molecular formula is C24H34N4O3. The molecular weight excluding hydrogens is 392 g/mol. The Kier molecular flexibility index (Phi) is 6.51. The molecule has 1 aromatic carbocycles. The number of likely N-dealkylation sites (N-methyl/N-ethyl adjacent to an activating group) is 1. The maximum atomic E-state index is 12.8. The highest BCUT2D eigenvalue weighted by molar-refractivity contribution is 5.88. The molecule has 2 heterocycles. The lowest BCUT2D eigenvalue weighted by atomic mass is 9.72. The van der Waals surface area contributed by atoms with Crippen LogP contribution >= 0.6 is 0 Å². The normalized spacial score (nSPS) is 22.7. The average Bonchev–Trinajstić information content (AvgIpc) is 3.17. The molecule has 0 spiro atoms. The Hall–Kier alpha value is -2.54. The summed E-state index contributed by atoms with van der Waals surface area (Å²) in [6.07, 6.45) is 5.09. The van der Waals surface area contributed by atoms with Gasteiger partial charge in [0.25, 0.3) is 0 Å². The van der Waals surface area contributed by atoms with Crippen LogP contribution in [0.4, 0.5) is 4.79 Å². The van der Waals surface area contributed by atoms with Crippen molar-refractivity contribution in [3.05, 3.63) is 35.5 Å². The van der Waals surface area contributed by atoms with Crippen LogP contribution in [0, 0.1) is 5.92 Å². The van der Waals surface area contributed by atoms with E-state index in [4.69, 9.17) is 4.74 Å². The second kappa shape index (κ2) is 9.30. The standard InChI is InChI=1S/C24H34N4O3/c1-4-9-28(15-22(29)31-5-2)24(30)26-12-16-10-19-18-7-6-8-20-23(18)17(13-25-20)11-21(19)27(3)14-16/h6-8,13,16,19,21,25H,4-5,9-12,14-15H2,1-3H3,(H,26,30)/t16?,19-,21-/m1/s1. The summed E-state index contributed by atoms with van der Waals surface area (Å²) in [5, 5.41) is 4.48. The number of likely N-dealkylation sites (tertiary alicyclic amines) is 1. The minimum Gasteiger partial charge on any atom is -0.465 e. The van der Waals surface area contributed by atoms with E-state index in [0.717, 1.165) is 25.8 Å². The highest BCUT2D eigenvalue weighted by Gasteiger charge is 2.39. The Balaban J connectivity index is 1.42. The predicted octanol–water partition coefficient (Wildman–Crippen LogP) is 3.11. The van der Waals surface area contributed by atoms with Crippen LogP contribution in [0.15, 0.2) is 24.4 Å². The highest BCUT2D eigenvalue weighted by atomic mass is 16.5. The second-order valence-electron chi connectivity index (χ2n) is 8.92. The fraction of sp³-hybridized carbons (Fsp3) is 0.583. The van der Waals surface area contributed by atoms with E-state index in [1.54, 1.807) is 11.8 Å². The summed E-state index contributed by atoms with van der Waals surface area (Å²) >= 11 is 0. The van der Waals surface area contributed by atoms with Crippen LogP contribution in [0.25, 0.3) is 10.9 Å². The van der Waals surface area contributed by atoms with Crippen LogP contribution in [0.5, 0.6) is 0 Å². The van der Waals surface area contributed by atoms with E-state index >= 15 is 0 Å². The number of carbonyl (C=O) groups is 2. The van der Waals surface area contributed by atoms with Crippen LogP contribution in [0.3, 0.4) is 0 Å². The molecule has 31 heavy (non-hydrogen) atoms. The number of esters is 1. The molecule has 1 unspecified atom stereocenters. The van der Waals surface area contributed by atoms with E-state index < -0.39 is 0 Å². The second-order valence-corrected chi connectivity index (χ2v) is 8.92. The molecule has 1 aliphatic heterocycles. The Labute approximate surface area is 184 Å². The third kappa shape index (κ3) is 4.42. The van der Waals surface area contributed by atoms with Crippen LogP contribution in [-0.2, 0) is 16.0 Å². The zero-order chi connectivity index (χ0) is 22.0. The number of carbonyl (C=O) groups excluding carboxylic acids is 2. The van der Waals surface area contributed by atoms with Gasteiger partial charge in [0.15, 0.2) is 0 Å². The molecule has 0 radical (unpaired) electrons. The Morgan fingerprint density at radius 3 is 2.94 bits per heavy atom. The van der Waals surface area contributed by atoms with E-state index in [2.05, 4.69) is 46.6 Å². The minimum absolute atomic E-state index is 0.00104. The van der Waals surface area contributed by atoms with Gasteiger partial charge in [-0.15, -0.1) is 0 Å². The molecule has 4 rings (SSSR count). The number of benzene rings is 1. The number of nitrogens with zero attached hydrogens (tertiary/aromatic N) is 2. The summed E-state index contributed by atoms with van der Waals surface area (Å²) in [7, 11) is 2.20. The molecule has 0 bridgehead atoms. The summed E-state index contributed by atoms with van der Waals surface area (Å²) in [6.45, 7) is 6.22. The van der Waals surface area contributed by atoms with Crippen molar-refractivity contribution in [3.8, 4) is 0 Å². The van der Waals surface area contributed by atoms with Gasteiger partial charge in [0.05, 0.1) is 6.61 Å². The van der Waals surface area contributed by atoms with Crippen molar-refractivity contribution in [2.75, 3.05) is 39.8 Å². The molecule has 1 aromatic heterocycles. The summed E-state index contributed by atoms with van der Waals surface area (Å²) in [5.74, 6) is 0.486. The quantitative estimate of drug-likeness (QED) is 0.667. The smallest absolute Gasteiger partial charge is 0.325 e. The number of urea groups is 1. The number of aromatic amines is 1. The lowest BCUT2D eigenvalue weighted by Crippen LogP contribution is -2.51. The van der Waals surface area contributed by atoms with Crippen LogP contribution < -0.4 is 5.32 Å². The van der Waals surface area contributed by atoms with E-state index in [1.165, 1.54) is 22.0 Å². The van der Waals surface area contributed by atoms with Gasteiger partial charge in [-0.3, -0.25) is 4.79 Å². The van der Waals surface area contributed by atoms with Gasteiger partial charge in [-0.05, 0) is 56.3 Å². The van der Waals surface area contributed by atoms with E-state index in [0.29, 0.717) is 37.6 Å². The number of hydrogen-bond acceptors (Lipinski definition) is 4. The third-order valence-corrected chi connectivity index (χ3v) is 6.76. The summed E-state index contributed by atoms with van der Waals surface area (Å²) in [6, 6.07) is 6.88. The van der Waals surface area contributed by atoms with Crippen molar-refractivity contribution in [3.63, 3.8) is 0 Å². The molecule has 1 aliphatic carbocycles. The van der Waals surface area contributed by atoms with E-state index in [9.17, 15) is 9.59 Å². The van der Waals surface area contributed by atoms with Crippen LogP contribution in [0.1, 0.15) is 43.7 Å². The van der Waals surface area contributed by atoms with Gasteiger partial charge in [0.1, 0.15) is 6.54 Å². The topological polar surface area (TPSA) is 77.7 Å². The lowest BCUT2D eigenvalue weighted by molar-refractivity contribution is -0.143. The monoisotopic (exact) mass is 426 g/mol. The molecule has 0 saturated carbocycles. The number of nitrogens with one attached hydrogen (secondary N) is 2. The number of hydrogen-bond donors (Lipinski definition) is 2. The number of amides is 2. The predicted molar refractivity (Wildman–Crippen MR) is 121 cm³/mol. The first-order valence-electron chi connectivity index (χ1n) is 11.5. The van der Waals surface area contributed by atoms with Crippen molar-refractivity contribution in [1.29, 1.82) is 0 Å². The number of H-pyrrole nitrogens is 1. The van der Waals surface area contributed by atoms with Gasteiger partial charge in [0.2, 0.25) is 0 Å². The summed E-state index contributed by atoms with van der Waals surface area (Å²) in [4.78, 5) is 32.0. The Bertz CT molecular complexity index is 940. The first-order valence-corrected chi connectivity index (χ1v) is 11.5. The Morgan fingerprint density at radius 1 is 1.32 bits per heavy atom. The SMILES string of the molecule is CCCN(CC(=O)OCC)C(=O)NCC1C[C@@H]2c3cccc4[nH]cc(c34)C[C@H]2N(C)C1. The van der Waals surface area contributed by atoms with Crippen LogP contribution in [0.2, 0.25) is 0 Å². The van der Waals surface area contributed by atoms with Gasteiger partial charge in [-0.2, -0.15) is 0 Å². The fourth-order valence-corrected chi connectivity index (χ4v) is 5.43. The number of rotatable bonds is 7. The maximum absolute atomic E-state index is 12.8. The molecule has 1 fully saturated rings. The first-order chi connectivity index (χ1) is 15.0. The maximum Gasteiger partial charge on any atom is 0.325 e. The molecule has 7 heteroatoms. The number of aromatic nitrogens is 1. The van der Waals surface area contributed by atoms with Crippen molar-refractivity contribution in [2.45, 2.75) is 45.1 Å². The highest BCUT2D eigenvalue weighted by Crippen LogP contribution is 2.44. The van der Waals surface area contributed by atoms with Crippen molar-refractivity contribution in [1.82, 2.24) is 20.1 Å². The van der Waals surface area contributed by atoms with Crippen molar-refractivity contribution in [2.24, 2.45) is 5.92 Å². The van der Waals surface area contributed by atoms with Gasteiger partial charge in [0, 0.05) is 48.7 Å². The fourth-order valence-electron chi connectivity index (χ4n) is 5.43. The van der Waals surface area contributed by atoms with Crippen LogP contribution in [-0.4, -0.2) is 72.7 Å². The molecule has 7 nitrogen and oxygen atoms in total. The number of piperidine rings is 1. The summed E-state index contributed by atoms with van der Waals surface area (Å²) in [5.41, 5.74) is 4.07. The molecule has 168 valence electrons. The summed E-state index contributed by atoms with van der Waals surface area (Å²) < 4.78 is 5.02. The molecule has 2 N–H and O–H groups in total. The molecule has 2 aromatic rings. The molecule has 2 aliphatic rings. The first kappa shape index (κ1) is 21.7. The lowest BCUT2D eigenvalue weighted by Gasteiger charge is -2.45.